The van der Waals surface area contributed by atoms with Gasteiger partial charge in [-0.2, -0.15) is 5.26 Å². The lowest BCUT2D eigenvalue weighted by Crippen LogP contribution is -2.44. The highest BCUT2D eigenvalue weighted by Gasteiger charge is 2.07. The first-order valence-corrected chi connectivity index (χ1v) is 10.0. The predicted molar refractivity (Wildman–Crippen MR) is 120 cm³/mol. The van der Waals surface area contributed by atoms with E-state index in [4.69, 9.17) is 14.7 Å². The van der Waals surface area contributed by atoms with Gasteiger partial charge in [-0.25, -0.2) is 0 Å². The Morgan fingerprint density at radius 2 is 1.47 bits per heavy atom. The van der Waals surface area contributed by atoms with Gasteiger partial charge in [-0.15, -0.1) is 0 Å². The molecule has 0 saturated heterocycles. The molecule has 3 aromatic rings. The maximum Gasteiger partial charge on any atom is 0.276 e. The Hall–Kier alpha value is -4.31. The molecule has 0 aliphatic carbocycles. The number of hydrazine groups is 1. The van der Waals surface area contributed by atoms with Gasteiger partial charge in [0.2, 0.25) is 5.91 Å². The lowest BCUT2D eigenvalue weighted by Gasteiger charge is -2.11. The van der Waals surface area contributed by atoms with E-state index in [9.17, 15) is 9.59 Å². The Balaban J connectivity index is 1.36. The van der Waals surface area contributed by atoms with E-state index in [2.05, 4.69) is 16.9 Å². The van der Waals surface area contributed by atoms with Gasteiger partial charge in [0.15, 0.2) is 6.61 Å². The van der Waals surface area contributed by atoms with Crippen molar-refractivity contribution in [3.8, 4) is 28.7 Å². The van der Waals surface area contributed by atoms with E-state index >= 15 is 0 Å². The van der Waals surface area contributed by atoms with Gasteiger partial charge < -0.3 is 9.47 Å². The van der Waals surface area contributed by atoms with Crippen LogP contribution < -0.4 is 20.3 Å². The second-order valence-corrected chi connectivity index (χ2v) is 6.96. The monoisotopic (exact) mass is 429 g/mol. The molecule has 0 aromatic heterocycles. The molecule has 0 saturated carbocycles. The number of nitrogens with zero attached hydrogens (tertiary/aromatic N) is 1. The third kappa shape index (κ3) is 6.61. The molecule has 7 nitrogen and oxygen atoms in total. The maximum atomic E-state index is 11.9. The number of carbonyl (C=O) groups excluding carboxylic acids is 2. The molecule has 0 bridgehead atoms. The number of amides is 2. The second kappa shape index (κ2) is 11.2. The number of nitriles is 1. The first kappa shape index (κ1) is 22.4. The van der Waals surface area contributed by atoms with E-state index in [1.54, 1.807) is 24.3 Å². The van der Waals surface area contributed by atoms with Crippen LogP contribution in [0.15, 0.2) is 72.8 Å². The predicted octanol–water partition coefficient (Wildman–Crippen LogP) is 3.53. The lowest BCUT2D eigenvalue weighted by atomic mass is 10.0. The Morgan fingerprint density at radius 1 is 0.844 bits per heavy atom. The summed E-state index contributed by atoms with van der Waals surface area (Å²) in [6.07, 6.45) is 0.103. The SMILES string of the molecule is Cc1ccccc1OCCC(=O)NNC(=O)COc1ccc(-c2ccc(C#N)cc2)cc1. The van der Waals surface area contributed by atoms with E-state index in [0.29, 0.717) is 11.3 Å². The molecule has 32 heavy (non-hydrogen) atoms. The van der Waals surface area contributed by atoms with E-state index in [1.165, 1.54) is 0 Å². The molecule has 0 heterocycles. The molecule has 0 fully saturated rings. The molecule has 2 amide bonds. The van der Waals surface area contributed by atoms with Gasteiger partial charge in [-0.1, -0.05) is 42.5 Å². The first-order chi connectivity index (χ1) is 15.5. The minimum absolute atomic E-state index is 0.103. The fourth-order valence-corrected chi connectivity index (χ4v) is 2.84. The highest BCUT2D eigenvalue weighted by atomic mass is 16.5. The zero-order chi connectivity index (χ0) is 22.8. The highest BCUT2D eigenvalue weighted by Crippen LogP contribution is 2.22. The quantitative estimate of drug-likeness (QED) is 0.534. The van der Waals surface area contributed by atoms with Crippen LogP contribution in [0.3, 0.4) is 0 Å². The highest BCUT2D eigenvalue weighted by molar-refractivity contribution is 5.82. The summed E-state index contributed by atoms with van der Waals surface area (Å²) in [6.45, 7) is 1.89. The molecule has 0 spiro atoms. The van der Waals surface area contributed by atoms with Gasteiger partial charge in [-0.3, -0.25) is 20.4 Å². The minimum Gasteiger partial charge on any atom is -0.493 e. The molecule has 3 rings (SSSR count). The molecule has 0 atom stereocenters. The van der Waals surface area contributed by atoms with Gasteiger partial charge in [0.25, 0.3) is 5.91 Å². The Bertz CT molecular complexity index is 1100. The average Bonchev–Trinajstić information content (AvgIpc) is 2.83. The topological polar surface area (TPSA) is 100 Å². The molecule has 3 aromatic carbocycles. The zero-order valence-electron chi connectivity index (χ0n) is 17.6. The molecular weight excluding hydrogens is 406 g/mol. The van der Waals surface area contributed by atoms with Gasteiger partial charge in [0.05, 0.1) is 24.7 Å². The minimum atomic E-state index is -0.477. The van der Waals surface area contributed by atoms with Crippen LogP contribution in [0, 0.1) is 18.3 Å². The van der Waals surface area contributed by atoms with Crippen molar-refractivity contribution in [2.45, 2.75) is 13.3 Å². The first-order valence-electron chi connectivity index (χ1n) is 10.0. The number of benzene rings is 3. The molecule has 0 radical (unpaired) electrons. The Kier molecular flexibility index (Phi) is 7.82. The fourth-order valence-electron chi connectivity index (χ4n) is 2.84. The number of para-hydroxylation sites is 1. The number of ether oxygens (including phenoxy) is 2. The van der Waals surface area contributed by atoms with Crippen molar-refractivity contribution in [1.29, 1.82) is 5.26 Å². The molecule has 7 heteroatoms. The Morgan fingerprint density at radius 3 is 2.12 bits per heavy atom. The van der Waals surface area contributed by atoms with Crippen LogP contribution in [0.5, 0.6) is 11.5 Å². The summed E-state index contributed by atoms with van der Waals surface area (Å²) in [5, 5.41) is 8.87. The Labute approximate surface area is 186 Å². The maximum absolute atomic E-state index is 11.9. The van der Waals surface area contributed by atoms with E-state index in [-0.39, 0.29) is 25.5 Å². The van der Waals surface area contributed by atoms with Crippen LogP contribution in [0.25, 0.3) is 11.1 Å². The van der Waals surface area contributed by atoms with Crippen molar-refractivity contribution in [2.75, 3.05) is 13.2 Å². The lowest BCUT2D eigenvalue weighted by molar-refractivity contribution is -0.130. The summed E-state index contributed by atoms with van der Waals surface area (Å²) in [6, 6.07) is 24.1. The summed E-state index contributed by atoms with van der Waals surface area (Å²) in [5.74, 6) is 0.409. The number of nitrogens with one attached hydrogen (secondary N) is 2. The second-order valence-electron chi connectivity index (χ2n) is 6.96. The van der Waals surface area contributed by atoms with Crippen LogP contribution in [0.4, 0.5) is 0 Å². The van der Waals surface area contributed by atoms with E-state index < -0.39 is 5.91 Å². The van der Waals surface area contributed by atoms with E-state index in [1.807, 2.05) is 55.5 Å². The van der Waals surface area contributed by atoms with Crippen molar-refractivity contribution in [3.05, 3.63) is 83.9 Å². The molecule has 0 unspecified atom stereocenters. The number of aryl methyl sites for hydroxylation is 1. The summed E-state index contributed by atoms with van der Waals surface area (Å²) in [4.78, 5) is 23.7. The van der Waals surface area contributed by atoms with Crippen molar-refractivity contribution in [2.24, 2.45) is 0 Å². The number of rotatable bonds is 8. The summed E-state index contributed by atoms with van der Waals surface area (Å²) in [5.41, 5.74) is 8.18. The van der Waals surface area contributed by atoms with Crippen LogP contribution in [-0.2, 0) is 9.59 Å². The number of hydrogen-bond donors (Lipinski definition) is 2. The van der Waals surface area contributed by atoms with Crippen molar-refractivity contribution in [3.63, 3.8) is 0 Å². The van der Waals surface area contributed by atoms with Crippen LogP contribution in [0.1, 0.15) is 17.5 Å². The summed E-state index contributed by atoms with van der Waals surface area (Å²) >= 11 is 0. The number of carbonyl (C=O) groups is 2. The van der Waals surface area contributed by atoms with Crippen molar-refractivity contribution < 1.29 is 19.1 Å². The standard InChI is InChI=1S/C25H23N3O4/c1-18-4-2-3-5-23(18)31-15-14-24(29)27-28-25(30)17-32-22-12-10-21(11-13-22)20-8-6-19(16-26)7-9-20/h2-13H,14-15,17H2,1H3,(H,27,29)(H,28,30). The van der Waals surface area contributed by atoms with Crippen LogP contribution in [-0.4, -0.2) is 25.0 Å². The van der Waals surface area contributed by atoms with E-state index in [0.717, 1.165) is 22.4 Å². The molecule has 0 aliphatic rings. The fraction of sp³-hybridized carbons (Fsp3) is 0.160. The normalized spacial score (nSPS) is 10.0. The summed E-state index contributed by atoms with van der Waals surface area (Å²) < 4.78 is 11.0. The molecular formula is C25H23N3O4. The van der Waals surface area contributed by atoms with Crippen molar-refractivity contribution >= 4 is 11.8 Å². The van der Waals surface area contributed by atoms with Gasteiger partial charge in [0, 0.05) is 0 Å². The smallest absolute Gasteiger partial charge is 0.276 e. The van der Waals surface area contributed by atoms with Crippen LogP contribution >= 0.6 is 0 Å². The van der Waals surface area contributed by atoms with Crippen molar-refractivity contribution in [1.82, 2.24) is 10.9 Å². The summed E-state index contributed by atoms with van der Waals surface area (Å²) in [7, 11) is 0. The zero-order valence-corrected chi connectivity index (χ0v) is 17.6. The van der Waals surface area contributed by atoms with Gasteiger partial charge in [-0.05, 0) is 53.9 Å². The largest absolute Gasteiger partial charge is 0.493 e. The third-order valence-electron chi connectivity index (χ3n) is 4.59. The molecule has 2 N–H and O–H groups in total. The van der Waals surface area contributed by atoms with Crippen LogP contribution in [0.2, 0.25) is 0 Å². The van der Waals surface area contributed by atoms with Gasteiger partial charge in [0.1, 0.15) is 11.5 Å². The third-order valence-corrected chi connectivity index (χ3v) is 4.59. The average molecular weight is 429 g/mol. The number of hydrogen-bond acceptors (Lipinski definition) is 5. The molecule has 162 valence electrons. The molecule has 0 aliphatic heterocycles. The van der Waals surface area contributed by atoms with Gasteiger partial charge >= 0.3 is 0 Å².